The lowest BCUT2D eigenvalue weighted by Crippen LogP contribution is -2.23. The number of likely N-dealkylation sites (N-methyl/N-ethyl adjacent to an activating group) is 1. The zero-order chi connectivity index (χ0) is 14.5. The third-order valence-electron chi connectivity index (χ3n) is 3.33. The maximum absolute atomic E-state index is 6.23. The molecule has 0 amide bonds. The van der Waals surface area contributed by atoms with Crippen LogP contribution in [-0.4, -0.2) is 11.5 Å². The van der Waals surface area contributed by atoms with Gasteiger partial charge in [0.1, 0.15) is 0 Å². The van der Waals surface area contributed by atoms with Crippen LogP contribution in [-0.2, 0) is 6.42 Å². The van der Waals surface area contributed by atoms with Gasteiger partial charge in [-0.1, -0.05) is 52.7 Å². The average Bonchev–Trinajstić information content (AvgIpc) is 2.44. The van der Waals surface area contributed by atoms with Gasteiger partial charge in [0.15, 0.2) is 0 Å². The van der Waals surface area contributed by atoms with Crippen molar-refractivity contribution >= 4 is 27.5 Å². The number of hydrogen-bond acceptors (Lipinski definition) is 2. The van der Waals surface area contributed by atoms with Crippen molar-refractivity contribution < 1.29 is 0 Å². The fourth-order valence-electron chi connectivity index (χ4n) is 2.27. The molecule has 0 radical (unpaired) electrons. The topological polar surface area (TPSA) is 24.9 Å². The summed E-state index contributed by atoms with van der Waals surface area (Å²) in [5.74, 6) is 0. The van der Waals surface area contributed by atoms with Crippen LogP contribution in [0, 0.1) is 6.92 Å². The van der Waals surface area contributed by atoms with Crippen molar-refractivity contribution in [3.63, 3.8) is 0 Å². The summed E-state index contributed by atoms with van der Waals surface area (Å²) < 4.78 is 1.16. The van der Waals surface area contributed by atoms with Crippen LogP contribution in [0.1, 0.15) is 29.7 Å². The molecule has 1 unspecified atom stereocenters. The number of benzene rings is 1. The average molecular weight is 354 g/mol. The molecule has 106 valence electrons. The molecule has 4 heteroatoms. The highest BCUT2D eigenvalue weighted by molar-refractivity contribution is 9.10. The monoisotopic (exact) mass is 352 g/mol. The van der Waals surface area contributed by atoms with Gasteiger partial charge in [-0.25, -0.2) is 0 Å². The molecule has 1 heterocycles. The van der Waals surface area contributed by atoms with E-state index in [1.807, 2.05) is 6.07 Å². The van der Waals surface area contributed by atoms with Gasteiger partial charge in [0.2, 0.25) is 0 Å². The van der Waals surface area contributed by atoms with Crippen LogP contribution in [0.4, 0.5) is 0 Å². The molecular formula is C16H18BrClN2. The van der Waals surface area contributed by atoms with E-state index in [0.29, 0.717) is 0 Å². The van der Waals surface area contributed by atoms with E-state index in [1.165, 1.54) is 11.1 Å². The number of hydrogen-bond donors (Lipinski definition) is 1. The first-order chi connectivity index (χ1) is 9.63. The maximum Gasteiger partial charge on any atom is 0.0622 e. The Morgan fingerprint density at radius 2 is 2.15 bits per heavy atom. The predicted molar refractivity (Wildman–Crippen MR) is 88.2 cm³/mol. The number of aromatic nitrogens is 1. The van der Waals surface area contributed by atoms with E-state index in [0.717, 1.165) is 28.0 Å². The molecule has 0 aliphatic heterocycles. The molecule has 2 rings (SSSR count). The number of halogens is 2. The van der Waals surface area contributed by atoms with Crippen molar-refractivity contribution in [1.29, 1.82) is 0 Å². The lowest BCUT2D eigenvalue weighted by molar-refractivity contribution is 0.547. The summed E-state index contributed by atoms with van der Waals surface area (Å²) in [5.41, 5.74) is 3.62. The van der Waals surface area contributed by atoms with Gasteiger partial charge >= 0.3 is 0 Å². The highest BCUT2D eigenvalue weighted by Crippen LogP contribution is 2.30. The molecule has 0 aliphatic rings. The maximum atomic E-state index is 6.23. The summed E-state index contributed by atoms with van der Waals surface area (Å²) >= 11 is 9.92. The zero-order valence-electron chi connectivity index (χ0n) is 11.7. The standard InChI is InChI=1S/C16H18BrClN2/c1-3-20-15(9-12-7-8-19-10-14(12)18)13-6-4-5-11(2)16(13)17/h4-8,10,15,20H,3,9H2,1-2H3. The van der Waals surface area contributed by atoms with Gasteiger partial charge in [0.25, 0.3) is 0 Å². The minimum absolute atomic E-state index is 0.231. The molecule has 1 atom stereocenters. The molecule has 0 bridgehead atoms. The van der Waals surface area contributed by atoms with E-state index in [2.05, 4.69) is 58.3 Å². The van der Waals surface area contributed by atoms with E-state index in [4.69, 9.17) is 11.6 Å². The first kappa shape index (κ1) is 15.5. The van der Waals surface area contributed by atoms with Gasteiger partial charge in [-0.15, -0.1) is 0 Å². The summed E-state index contributed by atoms with van der Waals surface area (Å²) in [6.45, 7) is 5.13. The highest BCUT2D eigenvalue weighted by atomic mass is 79.9. The van der Waals surface area contributed by atoms with Crippen LogP contribution in [0.25, 0.3) is 0 Å². The third-order valence-corrected chi connectivity index (χ3v) is 4.75. The summed E-state index contributed by atoms with van der Waals surface area (Å²) in [4.78, 5) is 4.04. The quantitative estimate of drug-likeness (QED) is 0.843. The Morgan fingerprint density at radius 1 is 1.35 bits per heavy atom. The Hall–Kier alpha value is -0.900. The summed E-state index contributed by atoms with van der Waals surface area (Å²) in [6.07, 6.45) is 4.33. The second kappa shape index (κ2) is 7.21. The van der Waals surface area contributed by atoms with Crippen molar-refractivity contribution in [1.82, 2.24) is 10.3 Å². The lowest BCUT2D eigenvalue weighted by Gasteiger charge is -2.21. The molecule has 1 aromatic carbocycles. The van der Waals surface area contributed by atoms with Crippen molar-refractivity contribution in [3.05, 3.63) is 62.8 Å². The Kier molecular flexibility index (Phi) is 5.58. The van der Waals surface area contributed by atoms with Gasteiger partial charge in [-0.3, -0.25) is 4.98 Å². The van der Waals surface area contributed by atoms with Crippen LogP contribution in [0.5, 0.6) is 0 Å². The second-order valence-corrected chi connectivity index (χ2v) is 5.96. The van der Waals surface area contributed by atoms with E-state index >= 15 is 0 Å². The Morgan fingerprint density at radius 3 is 2.85 bits per heavy atom. The molecule has 1 aromatic heterocycles. The SMILES string of the molecule is CCNC(Cc1ccncc1Cl)c1cccc(C)c1Br. The summed E-state index contributed by atoms with van der Waals surface area (Å²) in [5, 5.41) is 4.26. The van der Waals surface area contributed by atoms with Crippen LogP contribution in [0.3, 0.4) is 0 Å². The highest BCUT2D eigenvalue weighted by Gasteiger charge is 2.16. The minimum Gasteiger partial charge on any atom is -0.310 e. The van der Waals surface area contributed by atoms with Crippen LogP contribution in [0.15, 0.2) is 41.1 Å². The molecule has 1 N–H and O–H groups in total. The molecule has 0 spiro atoms. The summed E-state index contributed by atoms with van der Waals surface area (Å²) in [6, 6.07) is 8.56. The van der Waals surface area contributed by atoms with Crippen molar-refractivity contribution in [2.45, 2.75) is 26.3 Å². The minimum atomic E-state index is 0.231. The molecule has 0 fully saturated rings. The first-order valence-corrected chi connectivity index (χ1v) is 7.87. The van der Waals surface area contributed by atoms with Crippen LogP contribution in [0.2, 0.25) is 5.02 Å². The van der Waals surface area contributed by atoms with Gasteiger partial charge < -0.3 is 5.32 Å². The van der Waals surface area contributed by atoms with E-state index in [9.17, 15) is 0 Å². The fourth-order valence-corrected chi connectivity index (χ4v) is 3.00. The number of nitrogens with one attached hydrogen (secondary N) is 1. The molecule has 2 aromatic rings. The Bertz CT molecular complexity index is 586. The molecule has 2 nitrogen and oxygen atoms in total. The first-order valence-electron chi connectivity index (χ1n) is 6.70. The second-order valence-electron chi connectivity index (χ2n) is 4.76. The van der Waals surface area contributed by atoms with Crippen LogP contribution < -0.4 is 5.32 Å². The Labute approximate surface area is 133 Å². The number of pyridine rings is 1. The van der Waals surface area contributed by atoms with Gasteiger partial charge in [-0.2, -0.15) is 0 Å². The molecule has 20 heavy (non-hydrogen) atoms. The van der Waals surface area contributed by atoms with Crippen molar-refractivity contribution in [3.8, 4) is 0 Å². The van der Waals surface area contributed by atoms with Crippen molar-refractivity contribution in [2.75, 3.05) is 6.54 Å². The fraction of sp³-hybridized carbons (Fsp3) is 0.312. The number of aryl methyl sites for hydroxylation is 1. The summed E-state index contributed by atoms with van der Waals surface area (Å²) in [7, 11) is 0. The number of nitrogens with zero attached hydrogens (tertiary/aromatic N) is 1. The Balaban J connectivity index is 2.32. The normalized spacial score (nSPS) is 12.4. The van der Waals surface area contributed by atoms with Gasteiger partial charge in [-0.05, 0) is 42.6 Å². The van der Waals surface area contributed by atoms with E-state index < -0.39 is 0 Å². The predicted octanol–water partition coefficient (Wildman–Crippen LogP) is 4.70. The van der Waals surface area contributed by atoms with E-state index in [-0.39, 0.29) is 6.04 Å². The lowest BCUT2D eigenvalue weighted by atomic mass is 9.98. The largest absolute Gasteiger partial charge is 0.310 e. The van der Waals surface area contributed by atoms with Gasteiger partial charge in [0.05, 0.1) is 5.02 Å². The van der Waals surface area contributed by atoms with Gasteiger partial charge in [0, 0.05) is 22.9 Å². The smallest absolute Gasteiger partial charge is 0.0622 e. The zero-order valence-corrected chi connectivity index (χ0v) is 14.0. The van der Waals surface area contributed by atoms with Crippen molar-refractivity contribution in [2.24, 2.45) is 0 Å². The third kappa shape index (κ3) is 3.60. The molecule has 0 saturated heterocycles. The molecule has 0 aliphatic carbocycles. The number of rotatable bonds is 5. The molecule has 0 saturated carbocycles. The van der Waals surface area contributed by atoms with Crippen LogP contribution >= 0.6 is 27.5 Å². The van der Waals surface area contributed by atoms with E-state index in [1.54, 1.807) is 12.4 Å². The molecular weight excluding hydrogens is 336 g/mol.